The molecule has 0 atom stereocenters. The Balaban J connectivity index is 1.67. The highest BCUT2D eigenvalue weighted by Gasteiger charge is 2.44. The van der Waals surface area contributed by atoms with Crippen LogP contribution in [0.2, 0.25) is 0 Å². The van der Waals surface area contributed by atoms with E-state index in [0.717, 1.165) is 12.1 Å². The summed E-state index contributed by atoms with van der Waals surface area (Å²) in [5.74, 6) is 0.0800. The van der Waals surface area contributed by atoms with Crippen molar-refractivity contribution in [2.24, 2.45) is 0 Å². The molecule has 146 valence electrons. The van der Waals surface area contributed by atoms with Crippen molar-refractivity contribution in [2.75, 3.05) is 20.2 Å². The number of aliphatic carboxylic acids is 1. The highest BCUT2D eigenvalue weighted by atomic mass is 16.5. The Bertz CT molecular complexity index is 779. The van der Waals surface area contributed by atoms with Gasteiger partial charge in [0.15, 0.2) is 11.5 Å². The third-order valence-electron chi connectivity index (χ3n) is 5.02. The Morgan fingerprint density at radius 3 is 2.48 bits per heavy atom. The molecule has 1 fully saturated rings. The summed E-state index contributed by atoms with van der Waals surface area (Å²) in [5, 5.41) is 14.2. The van der Waals surface area contributed by atoms with Crippen LogP contribution in [0.1, 0.15) is 38.3 Å². The molecule has 1 aliphatic heterocycles. The average Bonchev–Trinajstić information content (AvgIpc) is 3.12. The number of hydrogen-bond acceptors (Lipinski definition) is 5. The molecular weight excluding hydrogens is 346 g/mol. The van der Waals surface area contributed by atoms with Crippen molar-refractivity contribution in [2.45, 2.75) is 44.9 Å². The maximum absolute atomic E-state index is 12.0. The molecule has 1 aliphatic rings. The number of hydrogen-bond donors (Lipinski definition) is 1. The standard InChI is InChI=1S/C20H27N3O4/c1-15(2)23-14-16(12-21-23)13-22-10-8-20(9-11-22,19(24)25)27-18-7-5-4-6-17(18)26-3/h4-7,12,14-15H,8-11,13H2,1-3H3,(H,24,25). The van der Waals surface area contributed by atoms with Gasteiger partial charge in [-0.25, -0.2) is 4.79 Å². The number of carboxylic acid groups (broad SMARTS) is 1. The Labute approximate surface area is 159 Å². The van der Waals surface area contributed by atoms with Crippen molar-refractivity contribution in [3.05, 3.63) is 42.2 Å². The first kappa shape index (κ1) is 19.2. The van der Waals surface area contributed by atoms with Crippen LogP contribution in [0.3, 0.4) is 0 Å². The molecule has 1 saturated heterocycles. The molecule has 1 aromatic heterocycles. The van der Waals surface area contributed by atoms with Gasteiger partial charge in [-0.3, -0.25) is 9.58 Å². The Kier molecular flexibility index (Phi) is 5.70. The zero-order chi connectivity index (χ0) is 19.4. The van der Waals surface area contributed by atoms with E-state index < -0.39 is 11.6 Å². The summed E-state index contributed by atoms with van der Waals surface area (Å²) in [6.45, 7) is 6.24. The van der Waals surface area contributed by atoms with E-state index in [1.807, 2.05) is 23.0 Å². The lowest BCUT2D eigenvalue weighted by molar-refractivity contribution is -0.160. The van der Waals surface area contributed by atoms with E-state index in [9.17, 15) is 9.90 Å². The van der Waals surface area contributed by atoms with Crippen molar-refractivity contribution in [3.63, 3.8) is 0 Å². The summed E-state index contributed by atoms with van der Waals surface area (Å²) in [6, 6.07) is 7.49. The lowest BCUT2D eigenvalue weighted by Gasteiger charge is -2.38. The number of aromatic nitrogens is 2. The molecule has 7 nitrogen and oxygen atoms in total. The number of carboxylic acids is 1. The first-order valence-corrected chi connectivity index (χ1v) is 9.24. The maximum atomic E-state index is 12.0. The Morgan fingerprint density at radius 2 is 1.93 bits per heavy atom. The summed E-state index contributed by atoms with van der Waals surface area (Å²) < 4.78 is 13.2. The van der Waals surface area contributed by atoms with Gasteiger partial charge >= 0.3 is 5.97 Å². The van der Waals surface area contributed by atoms with E-state index in [1.165, 1.54) is 0 Å². The molecule has 1 N–H and O–H groups in total. The first-order valence-electron chi connectivity index (χ1n) is 9.24. The number of para-hydroxylation sites is 2. The predicted molar refractivity (Wildman–Crippen MR) is 101 cm³/mol. The lowest BCUT2D eigenvalue weighted by Crippen LogP contribution is -2.53. The van der Waals surface area contributed by atoms with E-state index in [4.69, 9.17) is 9.47 Å². The molecule has 0 amide bonds. The molecule has 7 heteroatoms. The van der Waals surface area contributed by atoms with Gasteiger partial charge < -0.3 is 14.6 Å². The van der Waals surface area contributed by atoms with Crippen LogP contribution in [0.4, 0.5) is 0 Å². The highest BCUT2D eigenvalue weighted by Crippen LogP contribution is 2.35. The molecule has 27 heavy (non-hydrogen) atoms. The Morgan fingerprint density at radius 1 is 1.26 bits per heavy atom. The molecular formula is C20H27N3O4. The summed E-state index contributed by atoms with van der Waals surface area (Å²) in [6.07, 6.45) is 4.76. The van der Waals surface area contributed by atoms with Gasteiger partial charge in [-0.05, 0) is 26.0 Å². The second-order valence-electron chi connectivity index (χ2n) is 7.25. The van der Waals surface area contributed by atoms with Crippen LogP contribution in [-0.4, -0.2) is 51.6 Å². The van der Waals surface area contributed by atoms with Crippen molar-refractivity contribution < 1.29 is 19.4 Å². The maximum Gasteiger partial charge on any atom is 0.348 e. The number of carbonyl (C=O) groups is 1. The van der Waals surface area contributed by atoms with Crippen LogP contribution in [0, 0.1) is 0 Å². The lowest BCUT2D eigenvalue weighted by atomic mass is 9.91. The number of nitrogens with zero attached hydrogens (tertiary/aromatic N) is 3. The highest BCUT2D eigenvalue weighted by molar-refractivity contribution is 5.78. The molecule has 0 radical (unpaired) electrons. The first-order chi connectivity index (χ1) is 12.9. The van der Waals surface area contributed by atoms with E-state index in [-0.39, 0.29) is 0 Å². The largest absolute Gasteiger partial charge is 0.493 e. The molecule has 2 aromatic rings. The van der Waals surface area contributed by atoms with Crippen molar-refractivity contribution in [1.29, 1.82) is 0 Å². The second kappa shape index (κ2) is 8.00. The van der Waals surface area contributed by atoms with Gasteiger partial charge in [0.1, 0.15) is 0 Å². The van der Waals surface area contributed by atoms with Crippen LogP contribution in [-0.2, 0) is 11.3 Å². The fourth-order valence-corrected chi connectivity index (χ4v) is 3.35. The molecule has 2 heterocycles. The van der Waals surface area contributed by atoms with Gasteiger partial charge in [0.05, 0.1) is 13.3 Å². The minimum absolute atomic E-state index is 0.328. The van der Waals surface area contributed by atoms with Gasteiger partial charge in [-0.1, -0.05) is 12.1 Å². The molecule has 1 aromatic carbocycles. The normalized spacial score (nSPS) is 17.0. The van der Waals surface area contributed by atoms with E-state index in [1.54, 1.807) is 19.2 Å². The number of benzene rings is 1. The minimum Gasteiger partial charge on any atom is -0.493 e. The van der Waals surface area contributed by atoms with Crippen molar-refractivity contribution in [1.82, 2.24) is 14.7 Å². The fourth-order valence-electron chi connectivity index (χ4n) is 3.35. The predicted octanol–water partition coefficient (Wildman–Crippen LogP) is 2.97. The molecule has 0 saturated carbocycles. The van der Waals surface area contributed by atoms with Gasteiger partial charge in [-0.15, -0.1) is 0 Å². The SMILES string of the molecule is COc1ccccc1OC1(C(=O)O)CCN(Cc2cnn(C(C)C)c2)CC1. The zero-order valence-corrected chi connectivity index (χ0v) is 16.1. The molecule has 0 spiro atoms. The minimum atomic E-state index is -1.23. The monoisotopic (exact) mass is 373 g/mol. The number of methoxy groups -OCH3 is 1. The quantitative estimate of drug-likeness (QED) is 0.804. The van der Waals surface area contributed by atoms with Crippen LogP contribution < -0.4 is 9.47 Å². The summed E-state index contributed by atoms with van der Waals surface area (Å²) in [5.41, 5.74) is -0.0927. The van der Waals surface area contributed by atoms with Crippen molar-refractivity contribution in [3.8, 4) is 11.5 Å². The number of rotatable bonds is 7. The van der Waals surface area contributed by atoms with Crippen LogP contribution in [0.15, 0.2) is 36.7 Å². The number of likely N-dealkylation sites (tertiary alicyclic amines) is 1. The van der Waals surface area contributed by atoms with Crippen LogP contribution in [0.25, 0.3) is 0 Å². The van der Waals surface area contributed by atoms with Crippen LogP contribution >= 0.6 is 0 Å². The third-order valence-corrected chi connectivity index (χ3v) is 5.02. The fraction of sp³-hybridized carbons (Fsp3) is 0.500. The van der Waals surface area contributed by atoms with Crippen LogP contribution in [0.5, 0.6) is 11.5 Å². The van der Waals surface area contributed by atoms with E-state index in [0.29, 0.717) is 43.5 Å². The summed E-state index contributed by atoms with van der Waals surface area (Å²) in [4.78, 5) is 14.3. The van der Waals surface area contributed by atoms with Gasteiger partial charge in [0.25, 0.3) is 0 Å². The van der Waals surface area contributed by atoms with Gasteiger partial charge in [0.2, 0.25) is 5.60 Å². The molecule has 0 aliphatic carbocycles. The third kappa shape index (κ3) is 4.24. The van der Waals surface area contributed by atoms with Crippen molar-refractivity contribution >= 4 is 5.97 Å². The van der Waals surface area contributed by atoms with Gasteiger partial charge in [-0.2, -0.15) is 5.10 Å². The smallest absolute Gasteiger partial charge is 0.348 e. The summed E-state index contributed by atoms with van der Waals surface area (Å²) >= 11 is 0. The molecule has 0 unspecified atom stereocenters. The average molecular weight is 373 g/mol. The molecule has 0 bridgehead atoms. The number of piperidine rings is 1. The topological polar surface area (TPSA) is 76.8 Å². The molecule has 3 rings (SSSR count). The second-order valence-corrected chi connectivity index (χ2v) is 7.25. The summed E-state index contributed by atoms with van der Waals surface area (Å²) in [7, 11) is 1.55. The number of ether oxygens (including phenoxy) is 2. The zero-order valence-electron chi connectivity index (χ0n) is 16.1. The van der Waals surface area contributed by atoms with E-state index in [2.05, 4.69) is 30.0 Å². The Hall–Kier alpha value is -2.54. The van der Waals surface area contributed by atoms with E-state index >= 15 is 0 Å². The van der Waals surface area contributed by atoms with Gasteiger partial charge in [0, 0.05) is 50.3 Å².